The number of benzene rings is 2. The lowest BCUT2D eigenvalue weighted by Gasteiger charge is -2.15. The lowest BCUT2D eigenvalue weighted by atomic mass is 10.0. The third kappa shape index (κ3) is 5.92. The highest BCUT2D eigenvalue weighted by molar-refractivity contribution is 5.85. The van der Waals surface area contributed by atoms with Gasteiger partial charge < -0.3 is 15.5 Å². The van der Waals surface area contributed by atoms with Crippen molar-refractivity contribution in [3.05, 3.63) is 70.9 Å². The molecule has 0 amide bonds. The third-order valence-corrected chi connectivity index (χ3v) is 4.45. The fraction of sp³-hybridized carbons (Fsp3) is 0.250. The number of rotatable bonds is 5. The van der Waals surface area contributed by atoms with Crippen LogP contribution in [0.3, 0.4) is 0 Å². The first-order valence-corrected chi connectivity index (χ1v) is 8.70. The molecule has 1 aromatic heterocycles. The smallest absolute Gasteiger partial charge is 0.416 e. The second kappa shape index (κ2) is 9.19. The van der Waals surface area contributed by atoms with E-state index in [1.807, 2.05) is 18.2 Å². The number of carbonyl (C=O) groups excluding carboxylic acids is 1. The first kappa shape index (κ1) is 24.5. The van der Waals surface area contributed by atoms with Gasteiger partial charge in [-0.25, -0.2) is 0 Å². The molecule has 1 atom stereocenters. The van der Waals surface area contributed by atoms with E-state index in [0.29, 0.717) is 12.1 Å². The molecular formula is C20H17ClF6N2O2. The predicted molar refractivity (Wildman–Crippen MR) is 103 cm³/mol. The van der Waals surface area contributed by atoms with Crippen LogP contribution in [-0.4, -0.2) is 17.0 Å². The Balaban J connectivity index is 0.00000341. The van der Waals surface area contributed by atoms with Crippen molar-refractivity contribution in [3.8, 4) is 0 Å². The molecule has 0 aliphatic rings. The minimum absolute atomic E-state index is 0. The number of ether oxygens (including phenoxy) is 1. The van der Waals surface area contributed by atoms with Crippen LogP contribution in [0, 0.1) is 0 Å². The molecule has 0 aliphatic heterocycles. The quantitative estimate of drug-likeness (QED) is 0.399. The van der Waals surface area contributed by atoms with Gasteiger partial charge in [0.1, 0.15) is 12.6 Å². The Morgan fingerprint density at radius 3 is 2.16 bits per heavy atom. The van der Waals surface area contributed by atoms with Gasteiger partial charge in [0.25, 0.3) is 0 Å². The molecule has 0 spiro atoms. The van der Waals surface area contributed by atoms with Gasteiger partial charge in [-0.05, 0) is 35.4 Å². The Hall–Kier alpha value is -2.72. The monoisotopic (exact) mass is 466 g/mol. The van der Waals surface area contributed by atoms with E-state index < -0.39 is 47.7 Å². The second-order valence-electron chi connectivity index (χ2n) is 6.69. The van der Waals surface area contributed by atoms with E-state index in [4.69, 9.17) is 10.5 Å². The molecule has 168 valence electrons. The summed E-state index contributed by atoms with van der Waals surface area (Å²) in [6.07, 6.45) is -8.21. The van der Waals surface area contributed by atoms with Crippen molar-refractivity contribution in [2.45, 2.75) is 31.4 Å². The number of aromatic amines is 1. The van der Waals surface area contributed by atoms with Crippen molar-refractivity contribution in [1.29, 1.82) is 0 Å². The van der Waals surface area contributed by atoms with Gasteiger partial charge in [0.05, 0.1) is 11.1 Å². The van der Waals surface area contributed by atoms with Gasteiger partial charge in [-0.2, -0.15) is 26.3 Å². The zero-order valence-electron chi connectivity index (χ0n) is 15.7. The Kier molecular flexibility index (Phi) is 7.28. The third-order valence-electron chi connectivity index (χ3n) is 4.45. The van der Waals surface area contributed by atoms with Crippen molar-refractivity contribution < 1.29 is 35.9 Å². The number of hydrogen-bond acceptors (Lipinski definition) is 3. The van der Waals surface area contributed by atoms with E-state index in [2.05, 4.69) is 4.98 Å². The molecule has 31 heavy (non-hydrogen) atoms. The minimum atomic E-state index is -4.98. The Bertz CT molecular complexity index is 1030. The fourth-order valence-corrected chi connectivity index (χ4v) is 2.98. The predicted octanol–water partition coefficient (Wildman–Crippen LogP) is 5.24. The average molecular weight is 467 g/mol. The average Bonchev–Trinajstić information content (AvgIpc) is 3.07. The zero-order chi connectivity index (χ0) is 22.1. The van der Waals surface area contributed by atoms with E-state index in [1.54, 1.807) is 12.3 Å². The number of hydrogen-bond donors (Lipinski definition) is 2. The molecule has 0 saturated carbocycles. The molecular weight excluding hydrogens is 450 g/mol. The number of esters is 1. The minimum Gasteiger partial charge on any atom is -0.460 e. The molecule has 4 nitrogen and oxygen atoms in total. The molecule has 2 aromatic carbocycles. The summed E-state index contributed by atoms with van der Waals surface area (Å²) < 4.78 is 82.3. The van der Waals surface area contributed by atoms with Crippen LogP contribution in [0.15, 0.2) is 48.7 Å². The molecule has 1 heterocycles. The topological polar surface area (TPSA) is 68.1 Å². The Labute approximate surface area is 178 Å². The van der Waals surface area contributed by atoms with Crippen LogP contribution in [0.25, 0.3) is 10.9 Å². The molecule has 3 rings (SSSR count). The van der Waals surface area contributed by atoms with Crippen LogP contribution < -0.4 is 5.73 Å². The number of para-hydroxylation sites is 1. The first-order valence-electron chi connectivity index (χ1n) is 8.70. The van der Waals surface area contributed by atoms with Gasteiger partial charge in [0.2, 0.25) is 0 Å². The highest BCUT2D eigenvalue weighted by Crippen LogP contribution is 2.36. The van der Waals surface area contributed by atoms with Gasteiger partial charge in [0, 0.05) is 23.5 Å². The Morgan fingerprint density at radius 2 is 1.58 bits per heavy atom. The highest BCUT2D eigenvalue weighted by Gasteiger charge is 2.37. The van der Waals surface area contributed by atoms with Gasteiger partial charge in [-0.15, -0.1) is 12.4 Å². The molecule has 0 fully saturated rings. The number of carbonyl (C=O) groups is 1. The molecule has 3 aromatic rings. The maximum atomic E-state index is 12.9. The van der Waals surface area contributed by atoms with Gasteiger partial charge >= 0.3 is 18.3 Å². The summed E-state index contributed by atoms with van der Waals surface area (Å²) in [5, 5.41) is 0.841. The number of fused-ring (bicyclic) bond motifs is 1. The number of aromatic nitrogens is 1. The first-order chi connectivity index (χ1) is 13.9. The van der Waals surface area contributed by atoms with E-state index in [9.17, 15) is 31.1 Å². The van der Waals surface area contributed by atoms with Crippen LogP contribution in [0.5, 0.6) is 0 Å². The second-order valence-corrected chi connectivity index (χ2v) is 6.69. The summed E-state index contributed by atoms with van der Waals surface area (Å²) in [7, 11) is 0. The molecule has 0 aliphatic carbocycles. The van der Waals surface area contributed by atoms with Crippen molar-refractivity contribution in [3.63, 3.8) is 0 Å². The lowest BCUT2D eigenvalue weighted by Crippen LogP contribution is -2.34. The number of halogens is 7. The van der Waals surface area contributed by atoms with Crippen molar-refractivity contribution >= 4 is 29.3 Å². The molecule has 0 bridgehead atoms. The van der Waals surface area contributed by atoms with E-state index in [1.165, 1.54) is 0 Å². The van der Waals surface area contributed by atoms with E-state index in [-0.39, 0.29) is 24.9 Å². The van der Waals surface area contributed by atoms with Crippen LogP contribution in [0.2, 0.25) is 0 Å². The van der Waals surface area contributed by atoms with E-state index in [0.717, 1.165) is 16.5 Å². The molecule has 0 radical (unpaired) electrons. The normalized spacial score (nSPS) is 13.0. The number of alkyl halides is 6. The standard InChI is InChI=1S/C20H16F6N2O2.ClH/c21-19(22,23)13-5-11(6-14(8-13)20(24,25)26)10-30-18(29)16(27)7-12-9-28-17-4-2-1-3-15(12)17;/h1-6,8-9,16,28H,7,10,27H2;1H/t16-;/m0./s1. The summed E-state index contributed by atoms with van der Waals surface area (Å²) in [4.78, 5) is 15.2. The molecule has 11 heteroatoms. The highest BCUT2D eigenvalue weighted by atomic mass is 35.5. The molecule has 0 saturated heterocycles. The van der Waals surface area contributed by atoms with Crippen LogP contribution >= 0.6 is 12.4 Å². The fourth-order valence-electron chi connectivity index (χ4n) is 2.98. The zero-order valence-corrected chi connectivity index (χ0v) is 16.5. The molecule has 3 N–H and O–H groups in total. The lowest BCUT2D eigenvalue weighted by molar-refractivity contribution is -0.146. The SMILES string of the molecule is Cl.N[C@@H](Cc1c[nH]c2ccccc12)C(=O)OCc1cc(C(F)(F)F)cc(C(F)(F)F)c1. The summed E-state index contributed by atoms with van der Waals surface area (Å²) >= 11 is 0. The maximum absolute atomic E-state index is 12.9. The number of nitrogens with two attached hydrogens (primary N) is 1. The van der Waals surface area contributed by atoms with Crippen molar-refractivity contribution in [2.24, 2.45) is 5.73 Å². The molecule has 0 unspecified atom stereocenters. The van der Waals surface area contributed by atoms with Crippen molar-refractivity contribution in [1.82, 2.24) is 4.98 Å². The van der Waals surface area contributed by atoms with Gasteiger partial charge in [-0.1, -0.05) is 18.2 Å². The summed E-state index contributed by atoms with van der Waals surface area (Å²) in [6.45, 7) is -0.770. The van der Waals surface area contributed by atoms with Crippen LogP contribution in [0.1, 0.15) is 22.3 Å². The Morgan fingerprint density at radius 1 is 1.00 bits per heavy atom. The maximum Gasteiger partial charge on any atom is 0.416 e. The van der Waals surface area contributed by atoms with E-state index >= 15 is 0 Å². The van der Waals surface area contributed by atoms with Gasteiger partial charge in [-0.3, -0.25) is 4.79 Å². The number of H-pyrrole nitrogens is 1. The summed E-state index contributed by atoms with van der Waals surface area (Å²) in [6, 6.07) is 7.15. The number of nitrogens with one attached hydrogen (secondary N) is 1. The van der Waals surface area contributed by atoms with Gasteiger partial charge in [0.15, 0.2) is 0 Å². The summed E-state index contributed by atoms with van der Waals surface area (Å²) in [5.74, 6) is -0.939. The van der Waals surface area contributed by atoms with Crippen LogP contribution in [0.4, 0.5) is 26.3 Å². The van der Waals surface area contributed by atoms with Crippen LogP contribution in [-0.2, 0) is 34.9 Å². The summed E-state index contributed by atoms with van der Waals surface area (Å²) in [5.41, 5.74) is 3.97. The van der Waals surface area contributed by atoms with Crippen molar-refractivity contribution in [2.75, 3.05) is 0 Å². The largest absolute Gasteiger partial charge is 0.460 e.